The molecule has 0 saturated heterocycles. The van der Waals surface area contributed by atoms with Gasteiger partial charge in [0.05, 0.1) is 31.1 Å². The lowest BCUT2D eigenvalue weighted by Gasteiger charge is -2.07. The van der Waals surface area contributed by atoms with Gasteiger partial charge in [-0.1, -0.05) is 12.1 Å². The molecule has 0 bridgehead atoms. The highest BCUT2D eigenvalue weighted by Gasteiger charge is 2.17. The van der Waals surface area contributed by atoms with Crippen LogP contribution in [-0.2, 0) is 13.0 Å². The Morgan fingerprint density at radius 2 is 1.94 bits per heavy atom. The second-order valence-electron chi connectivity index (χ2n) is 7.36. The predicted molar refractivity (Wildman–Crippen MR) is 117 cm³/mol. The summed E-state index contributed by atoms with van der Waals surface area (Å²) in [5, 5.41) is 9.67. The summed E-state index contributed by atoms with van der Waals surface area (Å²) in [6.07, 6.45) is 5.46. The van der Waals surface area contributed by atoms with Crippen molar-refractivity contribution in [1.82, 2.24) is 29.4 Å². The molecule has 0 atom stereocenters. The topological polar surface area (TPSA) is 109 Å². The van der Waals surface area contributed by atoms with Crippen molar-refractivity contribution >= 4 is 22.6 Å². The molecule has 0 aliphatic carbocycles. The fourth-order valence-electron chi connectivity index (χ4n) is 3.56. The molecule has 5 aromatic rings. The van der Waals surface area contributed by atoms with E-state index in [9.17, 15) is 4.39 Å². The number of hydrogen-bond donors (Lipinski definition) is 1. The molecule has 1 aromatic carbocycles. The SMILES string of the molecule is Nc1nc2c(cnn2CCCc2ccc(OCCC[18F])cc2)c2nc(-c3ccco3)nn12. The molecule has 164 valence electrons. The molecule has 0 aliphatic heterocycles. The number of furan rings is 1. The number of fused-ring (bicyclic) bond motifs is 3. The Hall–Kier alpha value is -3.95. The van der Waals surface area contributed by atoms with Crippen molar-refractivity contribution in [1.29, 1.82) is 0 Å². The summed E-state index contributed by atoms with van der Waals surface area (Å²) in [6.45, 7) is 0.704. The summed E-state index contributed by atoms with van der Waals surface area (Å²) in [5.74, 6) is 2.00. The first-order chi connectivity index (χ1) is 15.7. The van der Waals surface area contributed by atoms with Gasteiger partial charge >= 0.3 is 0 Å². The van der Waals surface area contributed by atoms with E-state index >= 15 is 0 Å². The van der Waals surface area contributed by atoms with E-state index in [0.29, 0.717) is 42.5 Å². The van der Waals surface area contributed by atoms with Crippen LogP contribution in [0.25, 0.3) is 28.3 Å². The number of anilines is 1. The van der Waals surface area contributed by atoms with Crippen LogP contribution < -0.4 is 10.5 Å². The van der Waals surface area contributed by atoms with E-state index in [4.69, 9.17) is 14.9 Å². The summed E-state index contributed by atoms with van der Waals surface area (Å²) in [6, 6.07) is 11.5. The zero-order chi connectivity index (χ0) is 21.9. The second kappa shape index (κ2) is 8.66. The summed E-state index contributed by atoms with van der Waals surface area (Å²) < 4.78 is 26.4. The number of benzene rings is 1. The van der Waals surface area contributed by atoms with Crippen molar-refractivity contribution in [3.63, 3.8) is 0 Å². The quantitative estimate of drug-likeness (QED) is 0.352. The predicted octanol–water partition coefficient (Wildman–Crippen LogP) is 3.69. The highest BCUT2D eigenvalue weighted by atomic mass is 18.2. The Morgan fingerprint density at radius 3 is 2.72 bits per heavy atom. The molecule has 0 spiro atoms. The minimum absolute atomic E-state index is 0.239. The Balaban J connectivity index is 1.30. The van der Waals surface area contributed by atoms with Gasteiger partial charge in [-0.15, -0.1) is 5.10 Å². The number of halogens is 1. The second-order valence-corrected chi connectivity index (χ2v) is 7.36. The minimum Gasteiger partial charge on any atom is -0.494 e. The number of nitrogens with zero attached hydrogens (tertiary/aromatic N) is 6. The lowest BCUT2D eigenvalue weighted by Crippen LogP contribution is -2.06. The van der Waals surface area contributed by atoms with E-state index in [0.717, 1.165) is 24.0 Å². The van der Waals surface area contributed by atoms with Crippen LogP contribution in [0.3, 0.4) is 0 Å². The van der Waals surface area contributed by atoms with Gasteiger partial charge in [0.15, 0.2) is 17.1 Å². The van der Waals surface area contributed by atoms with E-state index in [1.165, 1.54) is 10.1 Å². The van der Waals surface area contributed by atoms with Crippen molar-refractivity contribution in [2.75, 3.05) is 19.0 Å². The van der Waals surface area contributed by atoms with Crippen molar-refractivity contribution in [3.05, 3.63) is 54.4 Å². The van der Waals surface area contributed by atoms with Crippen LogP contribution >= 0.6 is 0 Å². The molecule has 0 aliphatic rings. The highest BCUT2D eigenvalue weighted by molar-refractivity contribution is 5.90. The Morgan fingerprint density at radius 1 is 1.06 bits per heavy atom. The first-order valence-electron chi connectivity index (χ1n) is 10.4. The first kappa shape index (κ1) is 20.0. The average molecular weight is 434 g/mol. The normalized spacial score (nSPS) is 11.5. The number of aromatic nitrogens is 6. The minimum atomic E-state index is -0.367. The average Bonchev–Trinajstić information content (AvgIpc) is 3.55. The van der Waals surface area contributed by atoms with Gasteiger partial charge in [0.2, 0.25) is 11.8 Å². The Kier molecular flexibility index (Phi) is 5.40. The van der Waals surface area contributed by atoms with Gasteiger partial charge < -0.3 is 14.9 Å². The summed E-state index contributed by atoms with van der Waals surface area (Å²) in [4.78, 5) is 9.07. The lowest BCUT2D eigenvalue weighted by molar-refractivity contribution is 0.289. The molecule has 9 nitrogen and oxygen atoms in total. The maximum Gasteiger partial charge on any atom is 0.225 e. The van der Waals surface area contributed by atoms with Crippen LogP contribution in [0.5, 0.6) is 5.75 Å². The molecular formula is C22H22FN7O2. The van der Waals surface area contributed by atoms with E-state index in [-0.39, 0.29) is 12.6 Å². The molecule has 4 aromatic heterocycles. The molecule has 5 rings (SSSR count). The highest BCUT2D eigenvalue weighted by Crippen LogP contribution is 2.23. The lowest BCUT2D eigenvalue weighted by atomic mass is 10.1. The smallest absolute Gasteiger partial charge is 0.225 e. The van der Waals surface area contributed by atoms with Gasteiger partial charge in [-0.05, 0) is 42.7 Å². The van der Waals surface area contributed by atoms with Crippen molar-refractivity contribution < 1.29 is 13.5 Å². The Bertz CT molecular complexity index is 1330. The number of hydrogen-bond acceptors (Lipinski definition) is 7. The molecule has 0 fully saturated rings. The summed E-state index contributed by atoms with van der Waals surface area (Å²) >= 11 is 0. The van der Waals surface area contributed by atoms with Crippen LogP contribution in [0.1, 0.15) is 18.4 Å². The number of nitrogen functional groups attached to an aromatic ring is 1. The van der Waals surface area contributed by atoms with Crippen molar-refractivity contribution in [2.45, 2.75) is 25.8 Å². The van der Waals surface area contributed by atoms with Crippen LogP contribution in [0.4, 0.5) is 10.3 Å². The number of rotatable bonds is 9. The van der Waals surface area contributed by atoms with Crippen LogP contribution in [-0.4, -0.2) is 42.6 Å². The number of nitrogens with two attached hydrogens (primary N) is 1. The van der Waals surface area contributed by atoms with Crippen molar-refractivity contribution in [3.8, 4) is 17.3 Å². The fourth-order valence-corrected chi connectivity index (χ4v) is 3.56. The van der Waals surface area contributed by atoms with Gasteiger partial charge in [-0.3, -0.25) is 4.39 Å². The molecule has 0 saturated carbocycles. The monoisotopic (exact) mass is 434 g/mol. The van der Waals surface area contributed by atoms with E-state index in [1.54, 1.807) is 24.6 Å². The summed E-state index contributed by atoms with van der Waals surface area (Å²) in [5.41, 5.74) is 8.59. The van der Waals surface area contributed by atoms with Crippen LogP contribution in [0.15, 0.2) is 53.3 Å². The number of aryl methyl sites for hydroxylation is 2. The molecule has 0 unspecified atom stereocenters. The maximum absolute atomic E-state index is 12.2. The third-order valence-corrected chi connectivity index (χ3v) is 5.14. The molecule has 10 heteroatoms. The van der Waals surface area contributed by atoms with E-state index in [1.807, 2.05) is 28.9 Å². The standard InChI is InChI=1S/C22H22FN7O2/c23-10-3-13-31-16-8-6-15(7-9-16)4-1-11-29-20-17(14-25-29)21-26-19(18-5-2-12-32-18)28-30(21)22(24)27-20/h2,5-9,12,14H,1,3-4,10-11,13H2,(H2,24,27)/i23-1. The van der Waals surface area contributed by atoms with Gasteiger partial charge in [-0.2, -0.15) is 14.6 Å². The van der Waals surface area contributed by atoms with Gasteiger partial charge in [-0.25, -0.2) is 9.67 Å². The first-order valence-corrected chi connectivity index (χ1v) is 10.4. The third kappa shape index (κ3) is 3.86. The van der Waals surface area contributed by atoms with Crippen LogP contribution in [0, 0.1) is 0 Å². The van der Waals surface area contributed by atoms with Gasteiger partial charge in [0, 0.05) is 13.0 Å². The molecule has 4 heterocycles. The molecule has 0 amide bonds. The van der Waals surface area contributed by atoms with Crippen LogP contribution in [0.2, 0.25) is 0 Å². The zero-order valence-corrected chi connectivity index (χ0v) is 17.3. The maximum atomic E-state index is 12.2. The van der Waals surface area contributed by atoms with Gasteiger partial charge in [0.25, 0.3) is 0 Å². The van der Waals surface area contributed by atoms with E-state index < -0.39 is 0 Å². The fraction of sp³-hybridized carbons (Fsp3) is 0.273. The number of alkyl halides is 1. The molecule has 2 N–H and O–H groups in total. The largest absolute Gasteiger partial charge is 0.494 e. The molecular weight excluding hydrogens is 412 g/mol. The van der Waals surface area contributed by atoms with E-state index in [2.05, 4.69) is 20.2 Å². The molecule has 32 heavy (non-hydrogen) atoms. The summed E-state index contributed by atoms with van der Waals surface area (Å²) in [7, 11) is 0. The Labute approximate surface area is 182 Å². The number of ether oxygens (including phenoxy) is 1. The zero-order valence-electron chi connectivity index (χ0n) is 17.3. The van der Waals surface area contributed by atoms with Crippen molar-refractivity contribution in [2.24, 2.45) is 0 Å². The third-order valence-electron chi connectivity index (χ3n) is 5.14. The van der Waals surface area contributed by atoms with Gasteiger partial charge in [0.1, 0.15) is 5.75 Å². The molecule has 0 radical (unpaired) electrons.